The third kappa shape index (κ3) is 4.26. The van der Waals surface area contributed by atoms with Crippen LogP contribution < -0.4 is 0 Å². The van der Waals surface area contributed by atoms with E-state index in [4.69, 9.17) is 8.83 Å². The SMILES string of the molecule is c1ccc(-n2c3ccccc3c3c4sc5c(ccc6c5c5ccccc5n6-c5ccc6oc7ccc(-c8ccc9oc%10ccccc%10c9c8)cc7c6c5)c4ccc32)cc1. The van der Waals surface area contributed by atoms with Crippen LogP contribution in [0.15, 0.2) is 191 Å². The molecule has 0 aliphatic heterocycles. The fourth-order valence-corrected chi connectivity index (χ4v) is 11.3. The van der Waals surface area contributed by atoms with Gasteiger partial charge in [0.15, 0.2) is 0 Å². The van der Waals surface area contributed by atoms with Crippen molar-refractivity contribution in [1.29, 1.82) is 0 Å². The Bertz CT molecular complexity index is 4080. The molecule has 0 bridgehead atoms. The van der Waals surface area contributed by atoms with Crippen molar-refractivity contribution in [2.24, 2.45) is 0 Å². The predicted molar refractivity (Wildman–Crippen MR) is 248 cm³/mol. The van der Waals surface area contributed by atoms with E-state index in [1.807, 2.05) is 23.5 Å². The molecule has 5 heterocycles. The second-order valence-corrected chi connectivity index (χ2v) is 16.6. The quantitative estimate of drug-likeness (QED) is 0.179. The zero-order chi connectivity index (χ0) is 38.3. The summed E-state index contributed by atoms with van der Waals surface area (Å²) in [6.45, 7) is 0. The molecule has 14 rings (SSSR count). The van der Waals surface area contributed by atoms with Crippen molar-refractivity contribution in [3.63, 3.8) is 0 Å². The topological polar surface area (TPSA) is 36.1 Å². The number of hydrogen-bond acceptors (Lipinski definition) is 3. The van der Waals surface area contributed by atoms with Crippen molar-refractivity contribution in [3.05, 3.63) is 182 Å². The molecule has 0 saturated carbocycles. The number of fused-ring (bicyclic) bond motifs is 17. The second kappa shape index (κ2) is 11.5. The van der Waals surface area contributed by atoms with Crippen molar-refractivity contribution in [2.45, 2.75) is 0 Å². The maximum absolute atomic E-state index is 6.47. The van der Waals surface area contributed by atoms with Gasteiger partial charge in [-0.05, 0) is 96.1 Å². The van der Waals surface area contributed by atoms with E-state index < -0.39 is 0 Å². The molecule has 0 radical (unpaired) electrons. The van der Waals surface area contributed by atoms with E-state index in [1.165, 1.54) is 69.5 Å². The van der Waals surface area contributed by atoms with Gasteiger partial charge in [-0.2, -0.15) is 0 Å². The highest BCUT2D eigenvalue weighted by Crippen LogP contribution is 2.48. The van der Waals surface area contributed by atoms with Crippen molar-refractivity contribution in [3.8, 4) is 22.5 Å². The van der Waals surface area contributed by atoms with Gasteiger partial charge in [0, 0.05) is 74.6 Å². The van der Waals surface area contributed by atoms with Crippen LogP contribution in [0.5, 0.6) is 0 Å². The average Bonchev–Trinajstić information content (AvgIpc) is 4.10. The summed E-state index contributed by atoms with van der Waals surface area (Å²) in [5.74, 6) is 0. The van der Waals surface area contributed by atoms with Crippen molar-refractivity contribution < 1.29 is 8.83 Å². The molecule has 4 nitrogen and oxygen atoms in total. The highest BCUT2D eigenvalue weighted by molar-refractivity contribution is 7.27. The van der Waals surface area contributed by atoms with Crippen molar-refractivity contribution >= 4 is 119 Å². The lowest BCUT2D eigenvalue weighted by Gasteiger charge is -2.08. The molecule has 0 amide bonds. The Kier molecular flexibility index (Phi) is 6.14. The number of hydrogen-bond donors (Lipinski definition) is 0. The zero-order valence-electron chi connectivity index (χ0n) is 31.4. The van der Waals surface area contributed by atoms with Crippen LogP contribution in [0, 0.1) is 0 Å². The van der Waals surface area contributed by atoms with Gasteiger partial charge in [-0.1, -0.05) is 97.1 Å². The summed E-state index contributed by atoms with van der Waals surface area (Å²) in [7, 11) is 0. The van der Waals surface area contributed by atoms with E-state index in [9.17, 15) is 0 Å². The summed E-state index contributed by atoms with van der Waals surface area (Å²) in [6.07, 6.45) is 0. The number of rotatable bonds is 3. The number of nitrogens with zero attached hydrogens (tertiary/aromatic N) is 2. The maximum Gasteiger partial charge on any atom is 0.135 e. The van der Waals surface area contributed by atoms with Crippen molar-refractivity contribution in [1.82, 2.24) is 9.13 Å². The molecule has 5 aromatic heterocycles. The first-order valence-corrected chi connectivity index (χ1v) is 20.8. The minimum Gasteiger partial charge on any atom is -0.456 e. The molecule has 14 aromatic rings. The van der Waals surface area contributed by atoms with Crippen LogP contribution >= 0.6 is 11.3 Å². The maximum atomic E-state index is 6.47. The number of furan rings is 2. The van der Waals surface area contributed by atoms with Crippen LogP contribution in [0.25, 0.3) is 130 Å². The number of aromatic nitrogens is 2. The minimum atomic E-state index is 0.878. The molecule has 274 valence electrons. The minimum absolute atomic E-state index is 0.878. The molecule has 0 atom stereocenters. The van der Waals surface area contributed by atoms with E-state index >= 15 is 0 Å². The second-order valence-electron chi connectivity index (χ2n) is 15.6. The van der Waals surface area contributed by atoms with Gasteiger partial charge in [-0.25, -0.2) is 0 Å². The summed E-state index contributed by atoms with van der Waals surface area (Å²) in [5, 5.41) is 12.2. The predicted octanol–water partition coefficient (Wildman–Crippen LogP) is 15.7. The molecular formula is C54H30N2O2S. The third-order valence-electron chi connectivity index (χ3n) is 12.5. The third-order valence-corrected chi connectivity index (χ3v) is 13.8. The summed E-state index contributed by atoms with van der Waals surface area (Å²) in [6, 6.07) is 65.6. The molecule has 0 aliphatic rings. The zero-order valence-corrected chi connectivity index (χ0v) is 32.3. The standard InChI is InChI=1S/C54H30N2O2S/c1-2-10-33(11-3-1)55-43-15-7-4-13-38(43)51-45(55)23-21-36-37-22-24-46-52(54(37)59-53(36)51)39-14-5-8-16-44(39)56(46)34-20-27-50-42(30-34)41-29-32(19-26-49(41)58-50)31-18-25-48-40(28-31)35-12-6-9-17-47(35)57-48/h1-30H. The molecule has 0 saturated heterocycles. The lowest BCUT2D eigenvalue weighted by Crippen LogP contribution is -1.93. The fraction of sp³-hybridized carbons (Fsp3) is 0. The van der Waals surface area contributed by atoms with Gasteiger partial charge in [0.1, 0.15) is 22.3 Å². The Balaban J connectivity index is 0.984. The van der Waals surface area contributed by atoms with Gasteiger partial charge in [0.25, 0.3) is 0 Å². The number of para-hydroxylation sites is 4. The summed E-state index contributed by atoms with van der Waals surface area (Å²) >= 11 is 1.93. The Hall–Kier alpha value is -7.60. The first kappa shape index (κ1) is 31.5. The Morgan fingerprint density at radius 3 is 1.41 bits per heavy atom. The Labute approximate surface area is 339 Å². The normalized spacial score (nSPS) is 12.4. The van der Waals surface area contributed by atoms with Crippen molar-refractivity contribution in [2.75, 3.05) is 0 Å². The molecule has 0 spiro atoms. The largest absolute Gasteiger partial charge is 0.456 e. The molecule has 0 unspecified atom stereocenters. The van der Waals surface area contributed by atoms with Crippen LogP contribution in [0.4, 0.5) is 0 Å². The Morgan fingerprint density at radius 1 is 0.305 bits per heavy atom. The molecule has 0 fully saturated rings. The first-order chi connectivity index (χ1) is 29.2. The molecule has 0 aliphatic carbocycles. The summed E-state index contributed by atoms with van der Waals surface area (Å²) < 4.78 is 20.1. The van der Waals surface area contributed by atoms with E-state index in [1.54, 1.807) is 0 Å². The van der Waals surface area contributed by atoms with E-state index in [0.717, 1.165) is 60.7 Å². The highest BCUT2D eigenvalue weighted by atomic mass is 32.1. The monoisotopic (exact) mass is 770 g/mol. The molecule has 59 heavy (non-hydrogen) atoms. The van der Waals surface area contributed by atoms with Gasteiger partial charge >= 0.3 is 0 Å². The number of benzene rings is 9. The summed E-state index contributed by atoms with van der Waals surface area (Å²) in [5.41, 5.74) is 13.0. The average molecular weight is 771 g/mol. The smallest absolute Gasteiger partial charge is 0.135 e. The molecule has 9 aromatic carbocycles. The van der Waals surface area contributed by atoms with E-state index in [0.29, 0.717) is 0 Å². The lowest BCUT2D eigenvalue weighted by atomic mass is 10.0. The molecule has 5 heteroatoms. The van der Waals surface area contributed by atoms with Gasteiger partial charge in [0.05, 0.1) is 22.1 Å². The van der Waals surface area contributed by atoms with E-state index in [2.05, 4.69) is 179 Å². The molecular weight excluding hydrogens is 741 g/mol. The molecule has 0 N–H and O–H groups in total. The van der Waals surface area contributed by atoms with Crippen LogP contribution in [0.3, 0.4) is 0 Å². The van der Waals surface area contributed by atoms with Gasteiger partial charge in [-0.3, -0.25) is 0 Å². The highest BCUT2D eigenvalue weighted by Gasteiger charge is 2.22. The van der Waals surface area contributed by atoms with Gasteiger partial charge in [0.2, 0.25) is 0 Å². The van der Waals surface area contributed by atoms with Crippen LogP contribution in [-0.4, -0.2) is 9.13 Å². The summed E-state index contributed by atoms with van der Waals surface area (Å²) in [4.78, 5) is 0. The number of thiophene rings is 1. The lowest BCUT2D eigenvalue weighted by molar-refractivity contribution is 0.668. The van der Waals surface area contributed by atoms with Gasteiger partial charge < -0.3 is 18.0 Å². The van der Waals surface area contributed by atoms with Crippen LogP contribution in [0.1, 0.15) is 0 Å². The van der Waals surface area contributed by atoms with Crippen LogP contribution in [0.2, 0.25) is 0 Å². The first-order valence-electron chi connectivity index (χ1n) is 20.0. The van der Waals surface area contributed by atoms with Gasteiger partial charge in [-0.15, -0.1) is 11.3 Å². The Morgan fingerprint density at radius 2 is 0.780 bits per heavy atom. The van der Waals surface area contributed by atoms with E-state index in [-0.39, 0.29) is 0 Å². The van der Waals surface area contributed by atoms with Crippen LogP contribution in [-0.2, 0) is 0 Å². The fourth-order valence-electron chi connectivity index (χ4n) is 9.92.